The van der Waals surface area contributed by atoms with Crippen LogP contribution in [0, 0.1) is 3.57 Å². The summed E-state index contributed by atoms with van der Waals surface area (Å²) in [6, 6.07) is 11.0. The molecule has 0 unspecified atom stereocenters. The van der Waals surface area contributed by atoms with E-state index in [1.54, 1.807) is 33.5 Å². The Labute approximate surface area is 143 Å². The molecule has 0 fully saturated rings. The summed E-state index contributed by atoms with van der Waals surface area (Å²) < 4.78 is 16.4. The molecule has 2 aromatic carbocycles. The molecule has 0 aromatic heterocycles. The van der Waals surface area contributed by atoms with Gasteiger partial charge in [0.1, 0.15) is 17.2 Å². The zero-order valence-electron chi connectivity index (χ0n) is 12.7. The SMILES string of the molecule is COc1ccc(CC(=O)c2cc(OC)cc(OC)c2I)cc1. The standard InChI is InChI=1S/C17H17IO4/c1-20-12-6-4-11(5-7-12)8-15(19)14-9-13(21-2)10-16(22-3)17(14)18/h4-7,9-10H,8H2,1-3H3. The lowest BCUT2D eigenvalue weighted by Crippen LogP contribution is -2.07. The number of ketones is 1. The van der Waals surface area contributed by atoms with Crippen LogP contribution in [0.4, 0.5) is 0 Å². The molecule has 22 heavy (non-hydrogen) atoms. The van der Waals surface area contributed by atoms with E-state index in [1.165, 1.54) is 0 Å². The molecule has 0 bridgehead atoms. The first-order valence-corrected chi connectivity index (χ1v) is 7.74. The van der Waals surface area contributed by atoms with Gasteiger partial charge in [0, 0.05) is 18.1 Å². The van der Waals surface area contributed by atoms with Crippen LogP contribution in [-0.2, 0) is 6.42 Å². The summed E-state index contributed by atoms with van der Waals surface area (Å²) in [6.45, 7) is 0. The quantitative estimate of drug-likeness (QED) is 0.536. The normalized spacial score (nSPS) is 10.2. The van der Waals surface area contributed by atoms with Crippen molar-refractivity contribution in [3.05, 3.63) is 51.1 Å². The molecule has 0 aliphatic rings. The van der Waals surface area contributed by atoms with E-state index in [0.717, 1.165) is 14.9 Å². The summed E-state index contributed by atoms with van der Waals surface area (Å²) in [6.07, 6.45) is 0.316. The topological polar surface area (TPSA) is 44.8 Å². The molecule has 0 atom stereocenters. The van der Waals surface area contributed by atoms with Crippen molar-refractivity contribution in [1.82, 2.24) is 0 Å². The first kappa shape index (κ1) is 16.6. The van der Waals surface area contributed by atoms with Crippen LogP contribution in [-0.4, -0.2) is 27.1 Å². The highest BCUT2D eigenvalue weighted by Gasteiger charge is 2.16. The zero-order valence-corrected chi connectivity index (χ0v) is 14.8. The molecule has 0 amide bonds. The first-order valence-electron chi connectivity index (χ1n) is 6.66. The molecule has 116 valence electrons. The van der Waals surface area contributed by atoms with E-state index in [9.17, 15) is 4.79 Å². The van der Waals surface area contributed by atoms with Crippen molar-refractivity contribution in [2.75, 3.05) is 21.3 Å². The summed E-state index contributed by atoms with van der Waals surface area (Å²) in [5.41, 5.74) is 1.54. The Kier molecular flexibility index (Phi) is 5.65. The summed E-state index contributed by atoms with van der Waals surface area (Å²) >= 11 is 2.12. The maximum atomic E-state index is 12.6. The highest BCUT2D eigenvalue weighted by atomic mass is 127. The van der Waals surface area contributed by atoms with Crippen LogP contribution in [0.15, 0.2) is 36.4 Å². The van der Waals surface area contributed by atoms with Crippen molar-refractivity contribution in [2.45, 2.75) is 6.42 Å². The van der Waals surface area contributed by atoms with Crippen molar-refractivity contribution < 1.29 is 19.0 Å². The number of benzene rings is 2. The molecule has 2 rings (SSSR count). The van der Waals surface area contributed by atoms with Crippen LogP contribution in [0.25, 0.3) is 0 Å². The Morgan fingerprint density at radius 2 is 1.59 bits per heavy atom. The molecule has 0 aliphatic heterocycles. The molecule has 0 saturated carbocycles. The second-order valence-electron chi connectivity index (χ2n) is 4.64. The predicted molar refractivity (Wildman–Crippen MR) is 93.3 cm³/mol. The molecular weight excluding hydrogens is 395 g/mol. The van der Waals surface area contributed by atoms with Gasteiger partial charge >= 0.3 is 0 Å². The second-order valence-corrected chi connectivity index (χ2v) is 5.72. The van der Waals surface area contributed by atoms with Gasteiger partial charge in [0.15, 0.2) is 5.78 Å². The van der Waals surface area contributed by atoms with Gasteiger partial charge in [0.25, 0.3) is 0 Å². The molecule has 2 aromatic rings. The van der Waals surface area contributed by atoms with E-state index < -0.39 is 0 Å². The van der Waals surface area contributed by atoms with Gasteiger partial charge in [0.05, 0.1) is 24.9 Å². The van der Waals surface area contributed by atoms with Gasteiger partial charge in [0.2, 0.25) is 0 Å². The summed E-state index contributed by atoms with van der Waals surface area (Å²) in [4.78, 5) is 12.6. The van der Waals surface area contributed by atoms with Crippen LogP contribution in [0.3, 0.4) is 0 Å². The first-order chi connectivity index (χ1) is 10.6. The third kappa shape index (κ3) is 3.71. The van der Waals surface area contributed by atoms with Crippen LogP contribution < -0.4 is 14.2 Å². The zero-order chi connectivity index (χ0) is 16.1. The van der Waals surface area contributed by atoms with Gasteiger partial charge in [-0.2, -0.15) is 0 Å². The molecule has 0 radical (unpaired) electrons. The average Bonchev–Trinajstić information content (AvgIpc) is 2.55. The van der Waals surface area contributed by atoms with Gasteiger partial charge < -0.3 is 14.2 Å². The molecule has 0 spiro atoms. The average molecular weight is 412 g/mol. The van der Waals surface area contributed by atoms with Crippen LogP contribution >= 0.6 is 22.6 Å². The lowest BCUT2D eigenvalue weighted by atomic mass is 10.0. The number of hydrogen-bond donors (Lipinski definition) is 0. The van der Waals surface area contributed by atoms with E-state index in [2.05, 4.69) is 22.6 Å². The van der Waals surface area contributed by atoms with Crippen LogP contribution in [0.1, 0.15) is 15.9 Å². The Balaban J connectivity index is 2.28. The Hall–Kier alpha value is -1.76. The summed E-state index contributed by atoms with van der Waals surface area (Å²) in [7, 11) is 4.76. The Bertz CT molecular complexity index is 665. The molecule has 0 N–H and O–H groups in total. The molecule has 5 heteroatoms. The van der Waals surface area contributed by atoms with Crippen molar-refractivity contribution in [1.29, 1.82) is 0 Å². The molecule has 0 aliphatic carbocycles. The van der Waals surface area contributed by atoms with Gasteiger partial charge in [-0.1, -0.05) is 12.1 Å². The highest BCUT2D eigenvalue weighted by Crippen LogP contribution is 2.31. The summed E-state index contributed by atoms with van der Waals surface area (Å²) in [5.74, 6) is 2.04. The highest BCUT2D eigenvalue weighted by molar-refractivity contribution is 14.1. The number of hydrogen-bond acceptors (Lipinski definition) is 4. The molecular formula is C17H17IO4. The van der Waals surface area contributed by atoms with E-state index in [-0.39, 0.29) is 5.78 Å². The van der Waals surface area contributed by atoms with E-state index in [4.69, 9.17) is 14.2 Å². The minimum Gasteiger partial charge on any atom is -0.497 e. The number of halogens is 1. The minimum absolute atomic E-state index is 0.0202. The van der Waals surface area contributed by atoms with Gasteiger partial charge in [-0.05, 0) is 46.4 Å². The minimum atomic E-state index is 0.0202. The lowest BCUT2D eigenvalue weighted by Gasteiger charge is -2.11. The smallest absolute Gasteiger partial charge is 0.168 e. The van der Waals surface area contributed by atoms with E-state index >= 15 is 0 Å². The predicted octanol–water partition coefficient (Wildman–Crippen LogP) is 3.74. The lowest BCUT2D eigenvalue weighted by molar-refractivity contribution is 0.0991. The number of methoxy groups -OCH3 is 3. The number of carbonyl (C=O) groups excluding carboxylic acids is 1. The molecule has 0 heterocycles. The third-order valence-electron chi connectivity index (χ3n) is 3.29. The number of Topliss-reactive ketones (excluding diaryl/α,β-unsaturated/α-hetero) is 1. The van der Waals surface area contributed by atoms with Crippen LogP contribution in [0.5, 0.6) is 17.2 Å². The van der Waals surface area contributed by atoms with Gasteiger partial charge in [-0.3, -0.25) is 4.79 Å². The Morgan fingerprint density at radius 3 is 2.14 bits per heavy atom. The fraction of sp³-hybridized carbons (Fsp3) is 0.235. The monoisotopic (exact) mass is 412 g/mol. The number of ether oxygens (including phenoxy) is 3. The molecule has 0 saturated heterocycles. The maximum absolute atomic E-state index is 12.6. The van der Waals surface area contributed by atoms with Gasteiger partial charge in [-0.25, -0.2) is 0 Å². The fourth-order valence-corrected chi connectivity index (χ4v) is 2.90. The largest absolute Gasteiger partial charge is 0.497 e. The van der Waals surface area contributed by atoms with Crippen LogP contribution in [0.2, 0.25) is 0 Å². The van der Waals surface area contributed by atoms with Crippen molar-refractivity contribution in [3.8, 4) is 17.2 Å². The number of carbonyl (C=O) groups is 1. The fourth-order valence-electron chi connectivity index (χ4n) is 2.07. The van der Waals surface area contributed by atoms with Crippen molar-refractivity contribution >= 4 is 28.4 Å². The van der Waals surface area contributed by atoms with Crippen molar-refractivity contribution in [2.24, 2.45) is 0 Å². The Morgan fingerprint density at radius 1 is 0.955 bits per heavy atom. The van der Waals surface area contributed by atoms with Gasteiger partial charge in [-0.15, -0.1) is 0 Å². The second kappa shape index (κ2) is 7.49. The molecule has 4 nitrogen and oxygen atoms in total. The third-order valence-corrected chi connectivity index (χ3v) is 4.41. The summed E-state index contributed by atoms with van der Waals surface area (Å²) in [5, 5.41) is 0. The van der Waals surface area contributed by atoms with E-state index in [1.807, 2.05) is 24.3 Å². The van der Waals surface area contributed by atoms with E-state index in [0.29, 0.717) is 23.5 Å². The van der Waals surface area contributed by atoms with Crippen molar-refractivity contribution in [3.63, 3.8) is 0 Å². The maximum Gasteiger partial charge on any atom is 0.168 e. The number of rotatable bonds is 6.